The second-order valence-electron chi connectivity index (χ2n) is 10.0. The highest BCUT2D eigenvalue weighted by Gasteiger charge is 2.46. The van der Waals surface area contributed by atoms with Crippen LogP contribution in [0.4, 0.5) is 11.9 Å². The maximum atomic E-state index is 12.6. The Balaban J connectivity index is 1.08. The summed E-state index contributed by atoms with van der Waals surface area (Å²) in [5.74, 6) is -0.493. The van der Waals surface area contributed by atoms with Crippen LogP contribution in [-0.4, -0.2) is 99.4 Å². The van der Waals surface area contributed by atoms with Crippen LogP contribution in [0.1, 0.15) is 6.23 Å². The van der Waals surface area contributed by atoms with E-state index in [4.69, 9.17) is 55.2 Å². The van der Waals surface area contributed by atoms with E-state index in [1.54, 1.807) is 0 Å². The number of nitrogens with zero attached hydrogens (tertiary/aromatic N) is 6. The number of phosphoric acid groups is 2. The molecule has 2 unspecified atom stereocenters. The molecule has 10 N–H and O–H groups in total. The van der Waals surface area contributed by atoms with E-state index in [1.807, 2.05) is 0 Å². The first-order valence-corrected chi connectivity index (χ1v) is 16.8. The summed E-state index contributed by atoms with van der Waals surface area (Å²) in [6, 6.07) is -0.994. The molecule has 3 aliphatic rings. The number of hydrogen-bond acceptors (Lipinski definition) is 20. The number of anilines is 2. The predicted octanol–water partition coefficient (Wildman–Crippen LogP) is -4.41. The molecule has 0 bridgehead atoms. The number of imidazole rings is 1. The van der Waals surface area contributed by atoms with Crippen LogP contribution in [0.5, 0.6) is 0 Å². The van der Waals surface area contributed by atoms with Crippen LogP contribution >= 0.6 is 15.6 Å². The standard InChI is InChI=1S/C20H24N10O13P2S2/c21-19-26-13-7(15(33)28-19)24-6-12(47)11(46)5(41-17(6)25-13)2-40-45(37,38)43-44(35,36)39-1-4-9(31)10(32)18(42-4)30-3-23-8-14(30)27-20(22)29-16(8)34/h3-6,9-10,17-18,31-32,46-47H,1-2H2,(H,35,36)(H,37,38)(H3,22,27,29,34)(H3,21,25,26,28,33)/p-2/t4-,5-,6+,9-,10-,17-,18-/m1/s1. The highest BCUT2D eigenvalue weighted by molar-refractivity contribution is 7.68. The Kier molecular flexibility index (Phi) is 8.80. The average molecular weight is 737 g/mol. The van der Waals surface area contributed by atoms with E-state index < -0.39 is 82.9 Å². The van der Waals surface area contributed by atoms with Gasteiger partial charge in [0.15, 0.2) is 34.5 Å². The minimum absolute atomic E-state index is 0.0192. The number of aliphatic hydroxyl groups is 2. The molecular formula is C20H22N10O13P2S2-2. The molecule has 1 fully saturated rings. The summed E-state index contributed by atoms with van der Waals surface area (Å²) >= 11 is 10.6. The van der Waals surface area contributed by atoms with E-state index in [1.165, 1.54) is 0 Å². The predicted molar refractivity (Wildman–Crippen MR) is 157 cm³/mol. The van der Waals surface area contributed by atoms with E-state index in [0.717, 1.165) is 10.9 Å². The fourth-order valence-corrected chi connectivity index (χ4v) is 7.37. The lowest BCUT2D eigenvalue weighted by Gasteiger charge is -2.44. The molecule has 27 heteroatoms. The smallest absolute Gasteiger partial charge is 0.481 e. The summed E-state index contributed by atoms with van der Waals surface area (Å²) in [5, 5.41) is 20.8. The van der Waals surface area contributed by atoms with Gasteiger partial charge in [0.1, 0.15) is 18.3 Å². The van der Waals surface area contributed by atoms with Gasteiger partial charge in [-0.25, -0.2) is 19.1 Å². The van der Waals surface area contributed by atoms with Crippen LogP contribution in [-0.2, 0) is 57.2 Å². The van der Waals surface area contributed by atoms with Crippen molar-refractivity contribution in [3.05, 3.63) is 47.7 Å². The zero-order chi connectivity index (χ0) is 34.0. The summed E-state index contributed by atoms with van der Waals surface area (Å²) in [6.45, 7) is -1.76. The Labute approximate surface area is 270 Å². The fourth-order valence-electron chi connectivity index (χ4n) is 4.75. The summed E-state index contributed by atoms with van der Waals surface area (Å²) in [6.07, 6.45) is -7.66. The zero-order valence-electron chi connectivity index (χ0n) is 23.0. The monoisotopic (exact) mass is 736 g/mol. The number of hydrogen-bond donors (Lipinski definition) is 8. The average Bonchev–Trinajstić information content (AvgIpc) is 3.52. The van der Waals surface area contributed by atoms with Crippen molar-refractivity contribution in [3.8, 4) is 0 Å². The first-order chi connectivity index (χ1) is 22.0. The quantitative estimate of drug-likeness (QED) is 0.0759. The maximum Gasteiger partial charge on any atom is 0.481 e. The minimum Gasteiger partial charge on any atom is -0.783 e. The molecule has 3 aromatic heterocycles. The topological polar surface area (TPSA) is 347 Å². The number of rotatable bonds is 9. The summed E-state index contributed by atoms with van der Waals surface area (Å²) in [7, 11) is -10.8. The van der Waals surface area contributed by atoms with E-state index in [9.17, 15) is 38.7 Å². The fraction of sp³-hybridized carbons (Fsp3) is 0.450. The lowest BCUT2D eigenvalue weighted by Crippen LogP contribution is -2.53. The van der Waals surface area contributed by atoms with Gasteiger partial charge in [-0.2, -0.15) is 24.1 Å². The number of H-pyrrole nitrogens is 2. The van der Waals surface area contributed by atoms with Crippen LogP contribution in [0.2, 0.25) is 0 Å². The van der Waals surface area contributed by atoms with Crippen LogP contribution in [0, 0.1) is 0 Å². The Bertz CT molecular complexity index is 2130. The van der Waals surface area contributed by atoms with Gasteiger partial charge in [-0.3, -0.25) is 38.2 Å². The van der Waals surface area contributed by atoms with Crippen molar-refractivity contribution in [1.82, 2.24) is 29.5 Å². The van der Waals surface area contributed by atoms with Crippen LogP contribution in [0.25, 0.3) is 11.2 Å². The number of fused-ring (bicyclic) bond motifs is 3. The highest BCUT2D eigenvalue weighted by Crippen LogP contribution is 2.60. The van der Waals surface area contributed by atoms with Crippen LogP contribution in [0.3, 0.4) is 0 Å². The van der Waals surface area contributed by atoms with E-state index in [-0.39, 0.29) is 43.7 Å². The molecule has 23 nitrogen and oxygen atoms in total. The van der Waals surface area contributed by atoms with E-state index >= 15 is 0 Å². The first kappa shape index (κ1) is 33.6. The molecule has 0 amide bonds. The van der Waals surface area contributed by atoms with Gasteiger partial charge >= 0.3 is 15.6 Å². The maximum absolute atomic E-state index is 12.6. The van der Waals surface area contributed by atoms with E-state index in [2.05, 4.69) is 39.2 Å². The number of nitrogen functional groups attached to an aromatic ring is 2. The molecule has 1 saturated heterocycles. The number of aliphatic hydroxyl groups excluding tert-OH is 2. The Morgan fingerprint density at radius 2 is 1.60 bits per heavy atom. The minimum atomic E-state index is -5.40. The molecular weight excluding hydrogens is 714 g/mol. The van der Waals surface area contributed by atoms with Gasteiger partial charge < -0.3 is 66.2 Å². The molecule has 0 spiro atoms. The van der Waals surface area contributed by atoms with Crippen LogP contribution < -0.4 is 33.4 Å². The van der Waals surface area contributed by atoms with Gasteiger partial charge in [0.05, 0.1) is 31.7 Å². The molecule has 0 saturated carbocycles. The Morgan fingerprint density at radius 1 is 0.936 bits per heavy atom. The van der Waals surface area contributed by atoms with Gasteiger partial charge in [0.25, 0.3) is 11.1 Å². The molecule has 9 atom stereocenters. The second-order valence-corrected chi connectivity index (χ2v) is 13.9. The summed E-state index contributed by atoms with van der Waals surface area (Å²) < 4.78 is 51.3. The molecule has 0 aromatic carbocycles. The van der Waals surface area contributed by atoms with Gasteiger partial charge in [-0.05, 0) is 0 Å². The SMILES string of the molecule is Nc1nc2c(c(=O)[nH]1)=N[C@H]1C([S-])=C([S-])[C@@H](COP(=O)(O)OP(=O)(O)OC[C@H]3O[C@@H](n4cnc5c(=O)[nH]c(N)nc54)[C@H](O)[C@@H]3O)O[C@H]1N=2. The van der Waals surface area contributed by atoms with Crippen molar-refractivity contribution in [3.63, 3.8) is 0 Å². The number of aromatic nitrogens is 6. The number of nitrogens with two attached hydrogens (primary N) is 2. The van der Waals surface area contributed by atoms with Crippen LogP contribution in [0.15, 0.2) is 35.7 Å². The number of phosphoric ester groups is 2. The molecule has 0 radical (unpaired) electrons. The zero-order valence-corrected chi connectivity index (χ0v) is 26.5. The van der Waals surface area contributed by atoms with Crippen molar-refractivity contribution >= 4 is 64.0 Å². The molecule has 6 heterocycles. The van der Waals surface area contributed by atoms with Gasteiger partial charge in [-0.15, -0.1) is 0 Å². The van der Waals surface area contributed by atoms with Crippen molar-refractivity contribution < 1.29 is 52.0 Å². The van der Waals surface area contributed by atoms with E-state index in [0.29, 0.717) is 0 Å². The molecule has 254 valence electrons. The molecule has 6 rings (SSSR count). The van der Waals surface area contributed by atoms with Crippen molar-refractivity contribution in [2.75, 3.05) is 24.7 Å². The highest BCUT2D eigenvalue weighted by atomic mass is 32.1. The number of aromatic amines is 2. The Hall–Kier alpha value is -3.29. The largest absolute Gasteiger partial charge is 0.783 e. The molecule has 3 aliphatic heterocycles. The third-order valence-electron chi connectivity index (χ3n) is 6.85. The Morgan fingerprint density at radius 3 is 2.32 bits per heavy atom. The lowest BCUT2D eigenvalue weighted by atomic mass is 10.1. The number of nitrogens with one attached hydrogen (secondary N) is 2. The first-order valence-electron chi connectivity index (χ1n) is 13.0. The summed E-state index contributed by atoms with van der Waals surface area (Å²) in [4.78, 5) is 69.0. The van der Waals surface area contributed by atoms with Crippen molar-refractivity contribution in [2.45, 2.75) is 42.9 Å². The van der Waals surface area contributed by atoms with Gasteiger partial charge in [-0.1, -0.05) is 0 Å². The lowest BCUT2D eigenvalue weighted by molar-refractivity contribution is -0.0508. The second kappa shape index (κ2) is 12.3. The van der Waals surface area contributed by atoms with Crippen molar-refractivity contribution in [2.24, 2.45) is 9.98 Å². The third-order valence-corrected chi connectivity index (χ3v) is 10.5. The molecule has 0 aliphatic carbocycles. The van der Waals surface area contributed by atoms with Crippen molar-refractivity contribution in [1.29, 1.82) is 0 Å². The normalized spacial score (nSPS) is 29.7. The third kappa shape index (κ3) is 6.58. The molecule has 47 heavy (non-hydrogen) atoms. The molecule has 3 aromatic rings. The number of ether oxygens (including phenoxy) is 2. The van der Waals surface area contributed by atoms with Gasteiger partial charge in [0.2, 0.25) is 11.9 Å². The summed E-state index contributed by atoms with van der Waals surface area (Å²) in [5.41, 5.74) is 9.39. The van der Waals surface area contributed by atoms with Gasteiger partial charge in [0, 0.05) is 0 Å².